The van der Waals surface area contributed by atoms with Crippen LogP contribution in [0.2, 0.25) is 0 Å². The highest BCUT2D eigenvalue weighted by atomic mass is 79.9. The van der Waals surface area contributed by atoms with Crippen molar-refractivity contribution in [1.82, 2.24) is 0 Å². The molecule has 22 heavy (non-hydrogen) atoms. The van der Waals surface area contributed by atoms with E-state index in [1.165, 1.54) is 11.3 Å². The van der Waals surface area contributed by atoms with Crippen LogP contribution in [0.4, 0.5) is 0 Å². The molecule has 0 fully saturated rings. The third-order valence-corrected chi connectivity index (χ3v) is 4.39. The zero-order valence-corrected chi connectivity index (χ0v) is 14.4. The summed E-state index contributed by atoms with van der Waals surface area (Å²) in [6.45, 7) is 0.120. The van der Waals surface area contributed by atoms with Gasteiger partial charge in [0.2, 0.25) is 0 Å². The molecule has 0 spiro atoms. The van der Waals surface area contributed by atoms with Gasteiger partial charge in [-0.1, -0.05) is 22.0 Å². The minimum atomic E-state index is -0.396. The monoisotopic (exact) mass is 382 g/mol. The molecule has 0 aliphatic heterocycles. The second kappa shape index (κ2) is 8.10. The third kappa shape index (κ3) is 4.68. The Morgan fingerprint density at radius 2 is 2.05 bits per heavy atom. The number of hydrogen-bond acceptors (Lipinski definition) is 5. The topological polar surface area (TPSA) is 52.6 Å². The van der Waals surface area contributed by atoms with E-state index in [4.69, 9.17) is 9.47 Å². The summed E-state index contributed by atoms with van der Waals surface area (Å²) in [4.78, 5) is 24.2. The number of ether oxygens (including phenoxy) is 2. The summed E-state index contributed by atoms with van der Waals surface area (Å²) in [5, 5.41) is 1.84. The maximum Gasteiger partial charge on any atom is 0.306 e. The number of Topliss-reactive ketones (excluding diaryl/α,β-unsaturated/α-hetero) is 1. The smallest absolute Gasteiger partial charge is 0.306 e. The Morgan fingerprint density at radius 3 is 2.73 bits per heavy atom. The van der Waals surface area contributed by atoms with Crippen LogP contribution in [0.15, 0.2) is 40.2 Å². The molecule has 0 radical (unpaired) electrons. The van der Waals surface area contributed by atoms with Crippen LogP contribution in [0.5, 0.6) is 5.75 Å². The molecule has 4 nitrogen and oxygen atoms in total. The molecule has 6 heteroatoms. The minimum absolute atomic E-state index is 0.0352. The average Bonchev–Trinajstić information content (AvgIpc) is 3.05. The van der Waals surface area contributed by atoms with E-state index in [1.807, 2.05) is 23.6 Å². The second-order valence-corrected chi connectivity index (χ2v) is 6.38. The van der Waals surface area contributed by atoms with Crippen molar-refractivity contribution in [2.45, 2.75) is 19.4 Å². The highest BCUT2D eigenvalue weighted by Crippen LogP contribution is 2.23. The van der Waals surface area contributed by atoms with E-state index in [2.05, 4.69) is 15.9 Å². The summed E-state index contributed by atoms with van der Waals surface area (Å²) in [6.07, 6.45) is 0.238. The fourth-order valence-corrected chi connectivity index (χ4v) is 2.97. The molecule has 0 unspecified atom stereocenters. The Bertz CT molecular complexity index is 652. The van der Waals surface area contributed by atoms with Crippen molar-refractivity contribution < 1.29 is 19.1 Å². The van der Waals surface area contributed by atoms with E-state index >= 15 is 0 Å². The summed E-state index contributed by atoms with van der Waals surface area (Å²) in [5.74, 6) is 0.226. The van der Waals surface area contributed by atoms with Crippen molar-refractivity contribution in [3.8, 4) is 5.75 Å². The van der Waals surface area contributed by atoms with Gasteiger partial charge >= 0.3 is 5.97 Å². The Labute approximate surface area is 141 Å². The molecule has 2 rings (SSSR count). The van der Waals surface area contributed by atoms with Gasteiger partial charge < -0.3 is 9.47 Å². The van der Waals surface area contributed by atoms with E-state index in [0.29, 0.717) is 10.6 Å². The number of esters is 1. The lowest BCUT2D eigenvalue weighted by molar-refractivity contribution is -0.144. The van der Waals surface area contributed by atoms with Gasteiger partial charge in [-0.3, -0.25) is 9.59 Å². The molecule has 0 bridgehead atoms. The molecule has 0 amide bonds. The van der Waals surface area contributed by atoms with Gasteiger partial charge in [0, 0.05) is 16.5 Å². The lowest BCUT2D eigenvalue weighted by Gasteiger charge is -2.09. The van der Waals surface area contributed by atoms with Gasteiger partial charge in [-0.2, -0.15) is 0 Å². The number of halogens is 1. The van der Waals surface area contributed by atoms with E-state index < -0.39 is 5.97 Å². The summed E-state index contributed by atoms with van der Waals surface area (Å²) < 4.78 is 11.3. The van der Waals surface area contributed by atoms with Gasteiger partial charge in [-0.05, 0) is 29.6 Å². The van der Waals surface area contributed by atoms with Crippen LogP contribution >= 0.6 is 27.3 Å². The Kier molecular flexibility index (Phi) is 6.15. The minimum Gasteiger partial charge on any atom is -0.496 e. The van der Waals surface area contributed by atoms with E-state index in [9.17, 15) is 9.59 Å². The molecular formula is C16H15BrO4S. The van der Waals surface area contributed by atoms with E-state index in [0.717, 1.165) is 10.0 Å². The van der Waals surface area contributed by atoms with Crippen molar-refractivity contribution >= 4 is 39.0 Å². The second-order valence-electron chi connectivity index (χ2n) is 4.52. The molecule has 1 aromatic heterocycles. The highest BCUT2D eigenvalue weighted by molar-refractivity contribution is 9.10. The number of thiophene rings is 1. The molecular weight excluding hydrogens is 368 g/mol. The van der Waals surface area contributed by atoms with Crippen molar-refractivity contribution in [3.05, 3.63) is 50.6 Å². The maximum atomic E-state index is 11.8. The highest BCUT2D eigenvalue weighted by Gasteiger charge is 2.12. The van der Waals surface area contributed by atoms with Gasteiger partial charge in [0.25, 0.3) is 0 Å². The van der Waals surface area contributed by atoms with Crippen molar-refractivity contribution in [3.63, 3.8) is 0 Å². The normalized spacial score (nSPS) is 10.3. The van der Waals surface area contributed by atoms with Crippen molar-refractivity contribution in [2.24, 2.45) is 0 Å². The Balaban J connectivity index is 1.83. The number of rotatable bonds is 7. The van der Waals surface area contributed by atoms with Crippen LogP contribution in [0.1, 0.15) is 28.1 Å². The fraction of sp³-hybridized carbons (Fsp3) is 0.250. The molecule has 116 valence electrons. The number of carbonyl (C=O) groups is 2. The molecule has 0 aliphatic carbocycles. The zero-order chi connectivity index (χ0) is 15.9. The summed E-state index contributed by atoms with van der Waals surface area (Å²) in [5.41, 5.74) is 0.773. The van der Waals surface area contributed by atoms with Crippen LogP contribution in [0, 0.1) is 0 Å². The van der Waals surface area contributed by atoms with Crippen LogP contribution < -0.4 is 4.74 Å². The molecule has 0 N–H and O–H groups in total. The van der Waals surface area contributed by atoms with Crippen LogP contribution in [-0.4, -0.2) is 18.9 Å². The van der Waals surface area contributed by atoms with Crippen molar-refractivity contribution in [2.75, 3.05) is 7.11 Å². The molecule has 0 aliphatic rings. The van der Waals surface area contributed by atoms with Crippen LogP contribution in [-0.2, 0) is 16.1 Å². The molecule has 1 aromatic carbocycles. The van der Waals surface area contributed by atoms with Gasteiger partial charge in [0.15, 0.2) is 5.78 Å². The first kappa shape index (κ1) is 16.7. The zero-order valence-electron chi connectivity index (χ0n) is 12.0. The SMILES string of the molecule is COc1ccc(Br)cc1COC(=O)CCC(=O)c1cccs1. The number of hydrogen-bond donors (Lipinski definition) is 0. The predicted molar refractivity (Wildman–Crippen MR) is 88.4 cm³/mol. The first-order chi connectivity index (χ1) is 10.6. The summed E-state index contributed by atoms with van der Waals surface area (Å²) in [7, 11) is 1.56. The fourth-order valence-electron chi connectivity index (χ4n) is 1.87. The standard InChI is InChI=1S/C16H15BrO4S/c1-20-14-6-4-12(17)9-11(14)10-21-16(19)7-5-13(18)15-3-2-8-22-15/h2-4,6,8-9H,5,7,10H2,1H3. The number of benzene rings is 1. The average molecular weight is 383 g/mol. The summed E-state index contributed by atoms with van der Waals surface area (Å²) in [6, 6.07) is 9.06. The van der Waals surface area contributed by atoms with E-state index in [1.54, 1.807) is 19.2 Å². The van der Waals surface area contributed by atoms with Crippen LogP contribution in [0.3, 0.4) is 0 Å². The van der Waals surface area contributed by atoms with Gasteiger partial charge in [-0.15, -0.1) is 11.3 Å². The van der Waals surface area contributed by atoms with Gasteiger partial charge in [-0.25, -0.2) is 0 Å². The quantitative estimate of drug-likeness (QED) is 0.531. The molecule has 2 aromatic rings. The first-order valence-electron chi connectivity index (χ1n) is 6.65. The third-order valence-electron chi connectivity index (χ3n) is 2.98. The molecule has 1 heterocycles. The largest absolute Gasteiger partial charge is 0.496 e. The van der Waals surface area contributed by atoms with Gasteiger partial charge in [0.05, 0.1) is 18.4 Å². The van der Waals surface area contributed by atoms with Crippen LogP contribution in [0.25, 0.3) is 0 Å². The summed E-state index contributed by atoms with van der Waals surface area (Å²) >= 11 is 4.74. The number of ketones is 1. The van der Waals surface area contributed by atoms with Crippen molar-refractivity contribution in [1.29, 1.82) is 0 Å². The first-order valence-corrected chi connectivity index (χ1v) is 8.32. The Morgan fingerprint density at radius 1 is 1.23 bits per heavy atom. The molecule has 0 saturated heterocycles. The lowest BCUT2D eigenvalue weighted by atomic mass is 10.2. The molecule has 0 atom stereocenters. The molecule has 0 saturated carbocycles. The predicted octanol–water partition coefficient (Wildman–Crippen LogP) is 4.23. The number of carbonyl (C=O) groups excluding carboxylic acids is 2. The lowest BCUT2D eigenvalue weighted by Crippen LogP contribution is -2.08. The van der Waals surface area contributed by atoms with E-state index in [-0.39, 0.29) is 25.2 Å². The Hall–Kier alpha value is -1.66. The number of methoxy groups -OCH3 is 1. The van der Waals surface area contributed by atoms with Gasteiger partial charge in [0.1, 0.15) is 12.4 Å². The maximum absolute atomic E-state index is 11.8.